The van der Waals surface area contributed by atoms with E-state index in [1.807, 2.05) is 12.1 Å². The quantitative estimate of drug-likeness (QED) is 0.615. The molecule has 0 N–H and O–H groups in total. The van der Waals surface area contributed by atoms with Crippen molar-refractivity contribution in [3.05, 3.63) is 29.8 Å². The second-order valence-electron chi connectivity index (χ2n) is 4.61. The van der Waals surface area contributed by atoms with Crippen LogP contribution in [0.2, 0.25) is 3.43 Å². The Bertz CT molecular complexity index is 355. The zero-order chi connectivity index (χ0) is 11.5. The minimum absolute atomic E-state index is 0.284. The Morgan fingerprint density at radius 2 is 2.07 bits per heavy atom. The first kappa shape index (κ1) is 13.0. The van der Waals surface area contributed by atoms with Crippen molar-refractivity contribution in [2.75, 3.05) is 0 Å². The summed E-state index contributed by atoms with van der Waals surface area (Å²) in [6.07, 6.45) is 0.346. The first-order chi connectivity index (χ1) is 6.87. The molecule has 0 aliphatic carbocycles. The van der Waals surface area contributed by atoms with Gasteiger partial charge in [-0.25, -0.2) is 0 Å². The summed E-state index contributed by atoms with van der Waals surface area (Å²) in [5.41, 5.74) is 1.04. The normalized spacial score (nSPS) is 11.5. The Balaban J connectivity index is 2.79. The van der Waals surface area contributed by atoms with Gasteiger partial charge in [-0.3, -0.25) is 0 Å². The molecule has 0 aliphatic heterocycles. The Morgan fingerprint density at radius 3 is 2.60 bits per heavy atom. The molecular weight excluding hydrogens is 314 g/mol. The van der Waals surface area contributed by atoms with E-state index in [1.54, 1.807) is 0 Å². The van der Waals surface area contributed by atoms with Gasteiger partial charge in [0.25, 0.3) is 0 Å². The van der Waals surface area contributed by atoms with E-state index in [-0.39, 0.29) is 5.24 Å². The fourth-order valence-corrected chi connectivity index (χ4v) is 5.23. The number of carbonyl (C=O) groups excluding carboxylic acids is 1. The molecule has 2 radical (unpaired) electrons. The van der Waals surface area contributed by atoms with Crippen LogP contribution >= 0.6 is 11.6 Å². The van der Waals surface area contributed by atoms with Gasteiger partial charge in [-0.2, -0.15) is 0 Å². The first-order valence-electron chi connectivity index (χ1n) is 4.92. The fraction of sp³-hybridized carbons (Fsp3) is 0.417. The van der Waals surface area contributed by atoms with Crippen molar-refractivity contribution < 1.29 is 4.79 Å². The summed E-state index contributed by atoms with van der Waals surface area (Å²) in [4.78, 5) is 10.8. The second kappa shape index (κ2) is 5.35. The van der Waals surface area contributed by atoms with Crippen LogP contribution in [-0.4, -0.2) is 26.4 Å². The van der Waals surface area contributed by atoms with Crippen LogP contribution in [0.5, 0.6) is 0 Å². The molecule has 15 heavy (non-hydrogen) atoms. The van der Waals surface area contributed by atoms with Crippen molar-refractivity contribution in [1.82, 2.24) is 0 Å². The third-order valence-electron chi connectivity index (χ3n) is 1.79. The molecule has 0 saturated carbocycles. The number of halogens is 1. The van der Waals surface area contributed by atoms with Gasteiger partial charge >= 0.3 is 107 Å². The SMILES string of the molecule is C[C](C)(C)[Sn][c]1cccc(CC(=O)Cl)c1. The molecule has 1 nitrogen and oxygen atoms in total. The van der Waals surface area contributed by atoms with Crippen molar-refractivity contribution in [1.29, 1.82) is 0 Å². The average molecular weight is 329 g/mol. The van der Waals surface area contributed by atoms with Crippen molar-refractivity contribution in [3.63, 3.8) is 0 Å². The maximum atomic E-state index is 10.8. The van der Waals surface area contributed by atoms with Crippen molar-refractivity contribution in [2.45, 2.75) is 30.6 Å². The number of hydrogen-bond acceptors (Lipinski definition) is 1. The predicted molar refractivity (Wildman–Crippen MR) is 66.1 cm³/mol. The molecule has 1 aromatic carbocycles. The standard InChI is InChI=1S/C8H6ClO.C4H9.Sn/c9-8(10)6-7-4-2-1-3-5-7;1-4(2)3;/h1-2,4-5H,6H2;1-3H3;. The minimum atomic E-state index is -0.573. The molecule has 0 amide bonds. The Morgan fingerprint density at radius 1 is 1.40 bits per heavy atom. The third-order valence-corrected chi connectivity index (χ3v) is 5.78. The molecule has 1 aromatic rings. The van der Waals surface area contributed by atoms with Crippen LogP contribution in [-0.2, 0) is 11.2 Å². The number of benzene rings is 1. The summed E-state index contributed by atoms with van der Waals surface area (Å²) in [5.74, 6) is 0. The molecule has 0 heterocycles. The van der Waals surface area contributed by atoms with E-state index >= 15 is 0 Å². The van der Waals surface area contributed by atoms with Crippen LogP contribution in [0.1, 0.15) is 26.3 Å². The van der Waals surface area contributed by atoms with E-state index < -0.39 is 21.1 Å². The van der Waals surface area contributed by atoms with Gasteiger partial charge in [0.1, 0.15) is 0 Å². The van der Waals surface area contributed by atoms with Gasteiger partial charge in [0.15, 0.2) is 0 Å². The summed E-state index contributed by atoms with van der Waals surface area (Å²) < 4.78 is 1.87. The van der Waals surface area contributed by atoms with Crippen molar-refractivity contribution in [2.24, 2.45) is 0 Å². The summed E-state index contributed by atoms with van der Waals surface area (Å²) in [5, 5.41) is -0.284. The van der Waals surface area contributed by atoms with Crippen molar-refractivity contribution >= 4 is 41.6 Å². The maximum absolute atomic E-state index is 10.8. The molecule has 0 fully saturated rings. The van der Waals surface area contributed by atoms with Gasteiger partial charge in [0, 0.05) is 0 Å². The van der Waals surface area contributed by atoms with Gasteiger partial charge in [0.2, 0.25) is 0 Å². The van der Waals surface area contributed by atoms with E-state index in [4.69, 9.17) is 11.6 Å². The molecule has 0 spiro atoms. The number of rotatable bonds is 3. The molecule has 0 unspecified atom stereocenters. The molecule has 80 valence electrons. The second-order valence-corrected chi connectivity index (χ2v) is 11.7. The summed E-state index contributed by atoms with van der Waals surface area (Å²) in [7, 11) is 0. The summed E-state index contributed by atoms with van der Waals surface area (Å²) in [6.45, 7) is 6.83. The van der Waals surface area contributed by atoms with E-state index in [0.29, 0.717) is 9.85 Å². The average Bonchev–Trinajstić information content (AvgIpc) is 1.99. The monoisotopic (exact) mass is 330 g/mol. The van der Waals surface area contributed by atoms with E-state index in [2.05, 4.69) is 32.9 Å². The van der Waals surface area contributed by atoms with Gasteiger partial charge < -0.3 is 0 Å². The molecule has 0 aliphatic rings. The van der Waals surface area contributed by atoms with Crippen LogP contribution in [0.25, 0.3) is 0 Å². The van der Waals surface area contributed by atoms with E-state index in [0.717, 1.165) is 5.56 Å². The van der Waals surface area contributed by atoms with Crippen LogP contribution in [0, 0.1) is 0 Å². The van der Waals surface area contributed by atoms with Crippen LogP contribution in [0.3, 0.4) is 0 Å². The molecule has 0 saturated heterocycles. The molecule has 3 heteroatoms. The van der Waals surface area contributed by atoms with E-state index in [1.165, 1.54) is 3.58 Å². The zero-order valence-corrected chi connectivity index (χ0v) is 12.9. The van der Waals surface area contributed by atoms with Crippen LogP contribution in [0.4, 0.5) is 0 Å². The Kier molecular flexibility index (Phi) is 4.65. The van der Waals surface area contributed by atoms with Gasteiger partial charge in [-0.05, 0) is 0 Å². The van der Waals surface area contributed by atoms with Gasteiger partial charge in [-0.1, -0.05) is 0 Å². The number of carbonyl (C=O) groups is 1. The van der Waals surface area contributed by atoms with E-state index in [9.17, 15) is 4.79 Å². The summed E-state index contributed by atoms with van der Waals surface area (Å²) in [6, 6.07) is 8.29. The fourth-order valence-electron chi connectivity index (χ4n) is 1.35. The van der Waals surface area contributed by atoms with Crippen LogP contribution < -0.4 is 3.58 Å². The van der Waals surface area contributed by atoms with Crippen LogP contribution in [0.15, 0.2) is 24.3 Å². The molecule has 1 rings (SSSR count). The van der Waals surface area contributed by atoms with Gasteiger partial charge in [0.05, 0.1) is 0 Å². The zero-order valence-electron chi connectivity index (χ0n) is 9.30. The Labute approximate surface area is 106 Å². The molecule has 0 aromatic heterocycles. The molecular formula is C12H15ClOSn. The topological polar surface area (TPSA) is 17.1 Å². The van der Waals surface area contributed by atoms with Gasteiger partial charge in [-0.15, -0.1) is 0 Å². The third kappa shape index (κ3) is 5.57. The number of hydrogen-bond donors (Lipinski definition) is 0. The Hall–Kier alpha value is -0.0213. The predicted octanol–water partition coefficient (Wildman–Crippen LogP) is 2.54. The molecule has 0 bridgehead atoms. The summed E-state index contributed by atoms with van der Waals surface area (Å²) >= 11 is 4.80. The van der Waals surface area contributed by atoms with Crippen molar-refractivity contribution in [3.8, 4) is 0 Å². The molecule has 0 atom stereocenters. The first-order valence-corrected chi connectivity index (χ1v) is 8.15.